The SMILES string of the molecule is CC(C)N1C(=O)CC(S)C1=O.CCC. The molecule has 14 heavy (non-hydrogen) atoms. The van der Waals surface area contributed by atoms with Crippen LogP contribution in [0.5, 0.6) is 0 Å². The van der Waals surface area contributed by atoms with Crippen LogP contribution in [0.1, 0.15) is 40.5 Å². The average Bonchev–Trinajstić information content (AvgIpc) is 2.27. The fourth-order valence-corrected chi connectivity index (χ4v) is 1.46. The Balaban J connectivity index is 0.000000500. The Morgan fingerprint density at radius 2 is 1.86 bits per heavy atom. The predicted molar refractivity (Wildman–Crippen MR) is 60.3 cm³/mol. The van der Waals surface area contributed by atoms with E-state index in [1.807, 2.05) is 13.8 Å². The third kappa shape index (κ3) is 3.33. The van der Waals surface area contributed by atoms with Crippen LogP contribution in [0.4, 0.5) is 0 Å². The van der Waals surface area contributed by atoms with Crippen LogP contribution in [0.25, 0.3) is 0 Å². The number of nitrogens with zero attached hydrogens (tertiary/aromatic N) is 1. The summed E-state index contributed by atoms with van der Waals surface area (Å²) in [5.74, 6) is -0.265. The van der Waals surface area contributed by atoms with Crippen LogP contribution in [0, 0.1) is 0 Å². The van der Waals surface area contributed by atoms with Crippen molar-refractivity contribution in [1.82, 2.24) is 4.90 Å². The van der Waals surface area contributed by atoms with Crippen molar-refractivity contribution < 1.29 is 9.59 Å². The average molecular weight is 217 g/mol. The summed E-state index contributed by atoms with van der Waals surface area (Å²) in [4.78, 5) is 23.6. The number of thiol groups is 1. The van der Waals surface area contributed by atoms with E-state index in [0.717, 1.165) is 0 Å². The van der Waals surface area contributed by atoms with E-state index in [9.17, 15) is 9.59 Å². The van der Waals surface area contributed by atoms with Crippen LogP contribution in [-0.4, -0.2) is 28.0 Å². The van der Waals surface area contributed by atoms with Gasteiger partial charge in [-0.1, -0.05) is 20.3 Å². The minimum atomic E-state index is -0.412. The van der Waals surface area contributed by atoms with Crippen molar-refractivity contribution in [3.8, 4) is 0 Å². The van der Waals surface area contributed by atoms with Gasteiger partial charge in [-0.25, -0.2) is 0 Å². The summed E-state index contributed by atoms with van der Waals surface area (Å²) in [6.07, 6.45) is 1.50. The second kappa shape index (κ2) is 6.06. The van der Waals surface area contributed by atoms with Gasteiger partial charge in [0.1, 0.15) is 0 Å². The molecular weight excluding hydrogens is 198 g/mol. The van der Waals surface area contributed by atoms with Crippen molar-refractivity contribution in [2.45, 2.75) is 51.8 Å². The number of carbonyl (C=O) groups excluding carboxylic acids is 2. The number of likely N-dealkylation sites (tertiary alicyclic amines) is 1. The maximum absolute atomic E-state index is 11.2. The molecule has 1 fully saturated rings. The van der Waals surface area contributed by atoms with E-state index in [1.165, 1.54) is 11.3 Å². The highest BCUT2D eigenvalue weighted by Crippen LogP contribution is 2.19. The molecule has 1 heterocycles. The topological polar surface area (TPSA) is 37.4 Å². The van der Waals surface area contributed by atoms with Crippen molar-refractivity contribution in [2.24, 2.45) is 0 Å². The lowest BCUT2D eigenvalue weighted by Gasteiger charge is -2.17. The van der Waals surface area contributed by atoms with Gasteiger partial charge in [-0.05, 0) is 13.8 Å². The maximum Gasteiger partial charge on any atom is 0.242 e. The molecule has 0 radical (unpaired) electrons. The van der Waals surface area contributed by atoms with E-state index >= 15 is 0 Å². The van der Waals surface area contributed by atoms with Crippen LogP contribution >= 0.6 is 12.6 Å². The second-order valence-corrected chi connectivity index (χ2v) is 4.25. The standard InChI is InChI=1S/C7H11NO2S.C3H8/c1-4(2)8-6(9)3-5(11)7(8)10;1-3-2/h4-5,11H,3H2,1-2H3;3H2,1-2H3. The van der Waals surface area contributed by atoms with Gasteiger partial charge in [0.15, 0.2) is 0 Å². The molecule has 0 aromatic heterocycles. The van der Waals surface area contributed by atoms with Crippen molar-refractivity contribution in [2.75, 3.05) is 0 Å². The molecule has 0 aliphatic carbocycles. The minimum absolute atomic E-state index is 0.0350. The monoisotopic (exact) mass is 217 g/mol. The third-order valence-electron chi connectivity index (χ3n) is 1.68. The van der Waals surface area contributed by atoms with Crippen molar-refractivity contribution >= 4 is 24.4 Å². The molecule has 2 amide bonds. The fourth-order valence-electron chi connectivity index (χ4n) is 1.18. The Hall–Kier alpha value is -0.510. The van der Waals surface area contributed by atoms with E-state index < -0.39 is 5.25 Å². The lowest BCUT2D eigenvalue weighted by Crippen LogP contribution is -2.36. The van der Waals surface area contributed by atoms with Crippen LogP contribution in [0.2, 0.25) is 0 Å². The Morgan fingerprint density at radius 1 is 1.43 bits per heavy atom. The molecule has 1 unspecified atom stereocenters. The van der Waals surface area contributed by atoms with E-state index in [0.29, 0.717) is 0 Å². The van der Waals surface area contributed by atoms with Crippen molar-refractivity contribution in [3.63, 3.8) is 0 Å². The first-order chi connectivity index (χ1) is 6.45. The third-order valence-corrected chi connectivity index (χ3v) is 2.08. The molecule has 4 heteroatoms. The number of rotatable bonds is 1. The molecule has 1 saturated heterocycles. The number of hydrogen-bond donors (Lipinski definition) is 1. The second-order valence-electron chi connectivity index (χ2n) is 3.62. The van der Waals surface area contributed by atoms with Gasteiger partial charge in [-0.2, -0.15) is 12.6 Å². The number of imide groups is 1. The van der Waals surface area contributed by atoms with E-state index in [4.69, 9.17) is 0 Å². The fraction of sp³-hybridized carbons (Fsp3) is 0.800. The smallest absolute Gasteiger partial charge is 0.242 e. The zero-order valence-electron chi connectivity index (χ0n) is 9.28. The minimum Gasteiger partial charge on any atom is -0.279 e. The first-order valence-electron chi connectivity index (χ1n) is 4.99. The maximum atomic E-state index is 11.2. The summed E-state index contributed by atoms with van der Waals surface area (Å²) >= 11 is 3.99. The molecule has 82 valence electrons. The van der Waals surface area contributed by atoms with Gasteiger partial charge in [0.05, 0.1) is 5.25 Å². The van der Waals surface area contributed by atoms with Gasteiger partial charge < -0.3 is 0 Å². The van der Waals surface area contributed by atoms with Gasteiger partial charge >= 0.3 is 0 Å². The van der Waals surface area contributed by atoms with Crippen LogP contribution in [0.15, 0.2) is 0 Å². The number of carbonyl (C=O) groups is 2. The Bertz CT molecular complexity index is 216. The van der Waals surface area contributed by atoms with E-state index in [2.05, 4.69) is 26.5 Å². The lowest BCUT2D eigenvalue weighted by molar-refractivity contribution is -0.140. The zero-order chi connectivity index (χ0) is 11.3. The first kappa shape index (κ1) is 13.5. The molecule has 1 atom stereocenters. The summed E-state index contributed by atoms with van der Waals surface area (Å²) in [5, 5.41) is -0.412. The van der Waals surface area contributed by atoms with Gasteiger partial charge in [-0.3, -0.25) is 14.5 Å². The largest absolute Gasteiger partial charge is 0.279 e. The molecule has 3 nitrogen and oxygen atoms in total. The zero-order valence-corrected chi connectivity index (χ0v) is 10.2. The van der Waals surface area contributed by atoms with Crippen LogP contribution in [0.3, 0.4) is 0 Å². The van der Waals surface area contributed by atoms with Crippen LogP contribution < -0.4 is 0 Å². The highest BCUT2D eigenvalue weighted by molar-refractivity contribution is 7.81. The molecule has 0 aromatic rings. The van der Waals surface area contributed by atoms with E-state index in [1.54, 1.807) is 0 Å². The number of hydrogen-bond acceptors (Lipinski definition) is 3. The molecule has 0 spiro atoms. The van der Waals surface area contributed by atoms with E-state index in [-0.39, 0.29) is 24.3 Å². The molecular formula is C10H19NO2S. The summed E-state index contributed by atoms with van der Waals surface area (Å²) in [6, 6.07) is -0.0350. The first-order valence-corrected chi connectivity index (χ1v) is 5.51. The highest BCUT2D eigenvalue weighted by atomic mass is 32.1. The van der Waals surface area contributed by atoms with Crippen molar-refractivity contribution in [1.29, 1.82) is 0 Å². The Morgan fingerprint density at radius 3 is 2.00 bits per heavy atom. The predicted octanol–water partition coefficient (Wildman–Crippen LogP) is 1.87. The molecule has 0 aromatic carbocycles. The molecule has 1 rings (SSSR count). The quantitative estimate of drug-likeness (QED) is 0.538. The Labute approximate surface area is 91.3 Å². The summed E-state index contributed by atoms with van der Waals surface area (Å²) in [6.45, 7) is 7.89. The molecule has 1 aliphatic rings. The van der Waals surface area contributed by atoms with Crippen molar-refractivity contribution in [3.05, 3.63) is 0 Å². The van der Waals surface area contributed by atoms with Gasteiger partial charge in [0.25, 0.3) is 0 Å². The normalized spacial score (nSPS) is 21.3. The lowest BCUT2D eigenvalue weighted by atomic mass is 10.3. The van der Waals surface area contributed by atoms with Gasteiger partial charge in [0.2, 0.25) is 11.8 Å². The molecule has 0 bridgehead atoms. The van der Waals surface area contributed by atoms with Gasteiger partial charge in [-0.15, -0.1) is 0 Å². The Kier molecular flexibility index (Phi) is 5.84. The van der Waals surface area contributed by atoms with Gasteiger partial charge in [0, 0.05) is 12.5 Å². The summed E-state index contributed by atoms with van der Waals surface area (Å²) < 4.78 is 0. The molecule has 0 N–H and O–H groups in total. The molecule has 1 aliphatic heterocycles. The number of amides is 2. The summed E-state index contributed by atoms with van der Waals surface area (Å²) in [5.41, 5.74) is 0. The highest BCUT2D eigenvalue weighted by Gasteiger charge is 2.37. The molecule has 0 saturated carbocycles. The van der Waals surface area contributed by atoms with Crippen LogP contribution in [-0.2, 0) is 9.59 Å². The summed E-state index contributed by atoms with van der Waals surface area (Å²) in [7, 11) is 0.